The van der Waals surface area contributed by atoms with Crippen LogP contribution in [0.1, 0.15) is 23.5 Å². The molecule has 0 spiro atoms. The van der Waals surface area contributed by atoms with E-state index in [4.69, 9.17) is 33.7 Å². The molecule has 2 aromatic rings. The SMILES string of the molecule is N#Cc1c([C@@H]2CCOC2)cc(-c2cc(Cl)ccc2Cl)nc1N. The van der Waals surface area contributed by atoms with Crippen molar-refractivity contribution >= 4 is 29.0 Å². The number of nitrogens with zero attached hydrogens (tertiary/aromatic N) is 2. The third-order valence-corrected chi connectivity index (χ3v) is 4.33. The summed E-state index contributed by atoms with van der Waals surface area (Å²) in [6.07, 6.45) is 0.862. The average Bonchev–Trinajstić information content (AvgIpc) is 3.03. The molecule has 2 heterocycles. The van der Waals surface area contributed by atoms with Crippen molar-refractivity contribution in [1.29, 1.82) is 5.26 Å². The summed E-state index contributed by atoms with van der Waals surface area (Å²) in [5.41, 5.74) is 8.57. The maximum atomic E-state index is 9.36. The van der Waals surface area contributed by atoms with Gasteiger partial charge in [0.25, 0.3) is 0 Å². The number of halogens is 2. The van der Waals surface area contributed by atoms with Crippen LogP contribution in [-0.4, -0.2) is 18.2 Å². The molecule has 2 N–H and O–H groups in total. The Hall–Kier alpha value is -1.80. The van der Waals surface area contributed by atoms with E-state index < -0.39 is 0 Å². The van der Waals surface area contributed by atoms with Crippen LogP contribution in [0.4, 0.5) is 5.82 Å². The molecular formula is C16H13Cl2N3O. The van der Waals surface area contributed by atoms with E-state index in [1.165, 1.54) is 0 Å². The zero-order valence-electron chi connectivity index (χ0n) is 11.6. The van der Waals surface area contributed by atoms with Gasteiger partial charge in [-0.05, 0) is 36.2 Å². The quantitative estimate of drug-likeness (QED) is 0.900. The molecule has 1 saturated heterocycles. The lowest BCUT2D eigenvalue weighted by Crippen LogP contribution is -2.07. The molecule has 0 aliphatic carbocycles. The Kier molecular flexibility index (Phi) is 4.21. The van der Waals surface area contributed by atoms with Crippen LogP contribution in [0.25, 0.3) is 11.3 Å². The lowest BCUT2D eigenvalue weighted by atomic mass is 9.93. The summed E-state index contributed by atoms with van der Waals surface area (Å²) in [4.78, 5) is 4.32. The monoisotopic (exact) mass is 333 g/mol. The second-order valence-electron chi connectivity index (χ2n) is 5.15. The summed E-state index contributed by atoms with van der Waals surface area (Å²) in [6, 6.07) is 9.18. The van der Waals surface area contributed by atoms with E-state index in [1.807, 2.05) is 6.07 Å². The van der Waals surface area contributed by atoms with Gasteiger partial charge in [-0.2, -0.15) is 5.26 Å². The van der Waals surface area contributed by atoms with Gasteiger partial charge in [0, 0.05) is 23.1 Å². The first-order chi connectivity index (χ1) is 10.6. The van der Waals surface area contributed by atoms with Gasteiger partial charge in [0.2, 0.25) is 0 Å². The lowest BCUT2D eigenvalue weighted by molar-refractivity contribution is 0.194. The number of nitriles is 1. The molecule has 0 amide bonds. The zero-order chi connectivity index (χ0) is 15.7. The van der Waals surface area contributed by atoms with Crippen LogP contribution >= 0.6 is 23.2 Å². The van der Waals surface area contributed by atoms with E-state index in [0.717, 1.165) is 12.0 Å². The molecule has 1 aromatic carbocycles. The minimum absolute atomic E-state index is 0.150. The van der Waals surface area contributed by atoms with Gasteiger partial charge < -0.3 is 10.5 Å². The van der Waals surface area contributed by atoms with Gasteiger partial charge >= 0.3 is 0 Å². The number of ether oxygens (including phenoxy) is 1. The maximum Gasteiger partial charge on any atom is 0.142 e. The number of aromatic nitrogens is 1. The summed E-state index contributed by atoms with van der Waals surface area (Å²) in [7, 11) is 0. The van der Waals surface area contributed by atoms with Crippen molar-refractivity contribution in [2.45, 2.75) is 12.3 Å². The highest BCUT2D eigenvalue weighted by Gasteiger charge is 2.24. The average molecular weight is 334 g/mol. The molecule has 6 heteroatoms. The smallest absolute Gasteiger partial charge is 0.142 e. The van der Waals surface area contributed by atoms with Gasteiger partial charge in [-0.25, -0.2) is 4.98 Å². The van der Waals surface area contributed by atoms with E-state index in [9.17, 15) is 5.26 Å². The minimum atomic E-state index is 0.150. The summed E-state index contributed by atoms with van der Waals surface area (Å²) in [5.74, 6) is 0.356. The van der Waals surface area contributed by atoms with Crippen LogP contribution < -0.4 is 5.73 Å². The number of benzene rings is 1. The second-order valence-corrected chi connectivity index (χ2v) is 6.00. The number of pyridine rings is 1. The number of hydrogen-bond donors (Lipinski definition) is 1. The molecule has 4 nitrogen and oxygen atoms in total. The normalized spacial score (nSPS) is 17.4. The Morgan fingerprint density at radius 2 is 2.14 bits per heavy atom. The number of hydrogen-bond acceptors (Lipinski definition) is 4. The van der Waals surface area contributed by atoms with E-state index >= 15 is 0 Å². The first-order valence-corrected chi connectivity index (χ1v) is 7.59. The molecular weight excluding hydrogens is 321 g/mol. The number of nitrogens with two attached hydrogens (primary N) is 1. The first-order valence-electron chi connectivity index (χ1n) is 6.84. The van der Waals surface area contributed by atoms with Crippen LogP contribution in [0.5, 0.6) is 0 Å². The molecule has 0 saturated carbocycles. The van der Waals surface area contributed by atoms with Gasteiger partial charge in [-0.15, -0.1) is 0 Å². The topological polar surface area (TPSA) is 71.9 Å². The fraction of sp³-hybridized carbons (Fsp3) is 0.250. The Labute approximate surface area is 138 Å². The fourth-order valence-electron chi connectivity index (χ4n) is 2.64. The van der Waals surface area contributed by atoms with Crippen molar-refractivity contribution in [3.63, 3.8) is 0 Å². The number of rotatable bonds is 2. The third kappa shape index (κ3) is 2.76. The highest BCUT2D eigenvalue weighted by Crippen LogP contribution is 2.35. The maximum absolute atomic E-state index is 9.36. The van der Waals surface area contributed by atoms with E-state index in [-0.39, 0.29) is 11.7 Å². The van der Waals surface area contributed by atoms with E-state index in [1.54, 1.807) is 18.2 Å². The standard InChI is InChI=1S/C16H13Cl2N3O/c17-10-1-2-14(18)12(5-10)15-6-11(9-3-4-22-8-9)13(7-19)16(20)21-15/h1-2,5-6,9H,3-4,8H2,(H2,20,21)/t9-/m1/s1. The molecule has 1 aliphatic rings. The molecule has 0 bridgehead atoms. The molecule has 112 valence electrons. The third-order valence-electron chi connectivity index (χ3n) is 3.76. The molecule has 0 unspecified atom stereocenters. The number of nitrogen functional groups attached to an aromatic ring is 1. The van der Waals surface area contributed by atoms with E-state index in [0.29, 0.717) is 40.1 Å². The fourth-order valence-corrected chi connectivity index (χ4v) is 3.03. The van der Waals surface area contributed by atoms with Gasteiger partial charge in [-0.1, -0.05) is 23.2 Å². The van der Waals surface area contributed by atoms with Crippen molar-refractivity contribution < 1.29 is 4.74 Å². The Morgan fingerprint density at radius 1 is 1.32 bits per heavy atom. The zero-order valence-corrected chi connectivity index (χ0v) is 13.2. The molecule has 1 aliphatic heterocycles. The predicted octanol–water partition coefficient (Wildman–Crippen LogP) is 4.01. The molecule has 3 rings (SSSR count). The Morgan fingerprint density at radius 3 is 2.82 bits per heavy atom. The van der Waals surface area contributed by atoms with Crippen molar-refractivity contribution in [3.05, 3.63) is 45.4 Å². The molecule has 1 atom stereocenters. The van der Waals surface area contributed by atoms with Crippen LogP contribution in [0, 0.1) is 11.3 Å². The van der Waals surface area contributed by atoms with Gasteiger partial charge in [-0.3, -0.25) is 0 Å². The number of anilines is 1. The highest BCUT2D eigenvalue weighted by atomic mass is 35.5. The molecule has 1 aromatic heterocycles. The lowest BCUT2D eigenvalue weighted by Gasteiger charge is -2.14. The van der Waals surface area contributed by atoms with Gasteiger partial charge in [0.1, 0.15) is 11.9 Å². The molecule has 0 radical (unpaired) electrons. The molecule has 22 heavy (non-hydrogen) atoms. The molecule has 1 fully saturated rings. The second kappa shape index (κ2) is 6.13. The van der Waals surface area contributed by atoms with Crippen molar-refractivity contribution in [1.82, 2.24) is 4.98 Å². The summed E-state index contributed by atoms with van der Waals surface area (Å²) in [6.45, 7) is 1.27. The van der Waals surface area contributed by atoms with Crippen LogP contribution in [0.3, 0.4) is 0 Å². The largest absolute Gasteiger partial charge is 0.383 e. The summed E-state index contributed by atoms with van der Waals surface area (Å²) >= 11 is 12.3. The van der Waals surface area contributed by atoms with Crippen molar-refractivity contribution in [3.8, 4) is 17.3 Å². The van der Waals surface area contributed by atoms with Crippen molar-refractivity contribution in [2.24, 2.45) is 0 Å². The van der Waals surface area contributed by atoms with Crippen LogP contribution in [0.2, 0.25) is 10.0 Å². The van der Waals surface area contributed by atoms with Crippen LogP contribution in [0.15, 0.2) is 24.3 Å². The first kappa shape index (κ1) is 15.1. The van der Waals surface area contributed by atoms with Crippen molar-refractivity contribution in [2.75, 3.05) is 18.9 Å². The van der Waals surface area contributed by atoms with Gasteiger partial charge in [0.15, 0.2) is 0 Å². The van der Waals surface area contributed by atoms with Crippen LogP contribution in [-0.2, 0) is 4.74 Å². The van der Waals surface area contributed by atoms with E-state index in [2.05, 4.69) is 11.1 Å². The predicted molar refractivity (Wildman–Crippen MR) is 87.0 cm³/mol. The van der Waals surface area contributed by atoms with Gasteiger partial charge in [0.05, 0.1) is 22.9 Å². The highest BCUT2D eigenvalue weighted by molar-refractivity contribution is 6.35. The summed E-state index contributed by atoms with van der Waals surface area (Å²) in [5, 5.41) is 10.5. The Bertz CT molecular complexity index is 765. The minimum Gasteiger partial charge on any atom is -0.383 e. The Balaban J connectivity index is 2.17. The summed E-state index contributed by atoms with van der Waals surface area (Å²) < 4.78 is 5.42.